The number of hydrogen-bond acceptors (Lipinski definition) is 1. The Balaban J connectivity index is 3.31. The van der Waals surface area contributed by atoms with Crippen LogP contribution in [0.15, 0.2) is 12.1 Å². The van der Waals surface area contributed by atoms with E-state index >= 15 is 0 Å². The third kappa shape index (κ3) is 2.47. The van der Waals surface area contributed by atoms with Gasteiger partial charge in [-0.1, -0.05) is 32.4 Å². The molecule has 1 atom stereocenters. The zero-order valence-corrected chi connectivity index (χ0v) is 9.70. The van der Waals surface area contributed by atoms with Crippen molar-refractivity contribution in [1.29, 1.82) is 0 Å². The van der Waals surface area contributed by atoms with Crippen LogP contribution in [0.25, 0.3) is 0 Å². The van der Waals surface area contributed by atoms with Crippen LogP contribution in [0.4, 0.5) is 8.78 Å². The molecule has 0 saturated carbocycles. The molecule has 15 heavy (non-hydrogen) atoms. The molecule has 0 saturated heterocycles. The van der Waals surface area contributed by atoms with Crippen molar-refractivity contribution in [1.82, 2.24) is 0 Å². The van der Waals surface area contributed by atoms with Gasteiger partial charge in [-0.3, -0.25) is 0 Å². The maximum absolute atomic E-state index is 13.5. The van der Waals surface area contributed by atoms with Gasteiger partial charge in [-0.15, -0.1) is 0 Å². The van der Waals surface area contributed by atoms with E-state index in [1.54, 1.807) is 0 Å². The highest BCUT2D eigenvalue weighted by Gasteiger charge is 2.28. The van der Waals surface area contributed by atoms with E-state index in [2.05, 4.69) is 0 Å². The molecule has 1 aromatic rings. The highest BCUT2D eigenvalue weighted by molar-refractivity contribution is 6.31. The van der Waals surface area contributed by atoms with Crippen LogP contribution < -0.4 is 5.73 Å². The number of hydrogen-bond donors (Lipinski definition) is 1. The molecule has 0 fully saturated rings. The number of benzene rings is 1. The molecule has 0 amide bonds. The van der Waals surface area contributed by atoms with Gasteiger partial charge in [0.25, 0.3) is 0 Å². The lowest BCUT2D eigenvalue weighted by molar-refractivity contribution is 0.318. The van der Waals surface area contributed by atoms with E-state index in [1.807, 2.05) is 20.8 Å². The predicted molar refractivity (Wildman–Crippen MR) is 57.8 cm³/mol. The molecule has 1 rings (SSSR count). The van der Waals surface area contributed by atoms with Gasteiger partial charge in [-0.2, -0.15) is 0 Å². The first-order valence-corrected chi connectivity index (χ1v) is 5.02. The van der Waals surface area contributed by atoms with Crippen LogP contribution in [-0.2, 0) is 0 Å². The molecular formula is C11H14ClF2N. The Morgan fingerprint density at radius 3 is 2.13 bits per heavy atom. The Bertz CT molecular complexity index is 372. The first-order valence-electron chi connectivity index (χ1n) is 4.64. The first kappa shape index (κ1) is 12.4. The zero-order chi connectivity index (χ0) is 11.8. The Kier molecular flexibility index (Phi) is 3.36. The molecule has 1 nitrogen and oxygen atoms in total. The van der Waals surface area contributed by atoms with Crippen LogP contribution in [0.1, 0.15) is 32.4 Å². The molecule has 0 radical (unpaired) electrons. The van der Waals surface area contributed by atoms with Crippen molar-refractivity contribution in [2.24, 2.45) is 11.1 Å². The van der Waals surface area contributed by atoms with Gasteiger partial charge in [-0.05, 0) is 17.5 Å². The molecule has 0 aliphatic carbocycles. The molecule has 0 aliphatic heterocycles. The maximum atomic E-state index is 13.5. The normalized spacial score (nSPS) is 14.1. The summed E-state index contributed by atoms with van der Waals surface area (Å²) in [7, 11) is 0. The highest BCUT2D eigenvalue weighted by atomic mass is 35.5. The van der Waals surface area contributed by atoms with Crippen LogP contribution >= 0.6 is 11.6 Å². The van der Waals surface area contributed by atoms with Crippen LogP contribution in [0.2, 0.25) is 5.02 Å². The van der Waals surface area contributed by atoms with Crippen LogP contribution in [0.5, 0.6) is 0 Å². The van der Waals surface area contributed by atoms with Crippen molar-refractivity contribution in [3.05, 3.63) is 34.4 Å². The van der Waals surface area contributed by atoms with Crippen molar-refractivity contribution in [3.63, 3.8) is 0 Å². The third-order valence-corrected chi connectivity index (χ3v) is 2.71. The molecule has 84 valence electrons. The summed E-state index contributed by atoms with van der Waals surface area (Å²) < 4.78 is 26.6. The van der Waals surface area contributed by atoms with Gasteiger partial charge in [0.05, 0.1) is 5.02 Å². The predicted octanol–water partition coefficient (Wildman–Crippen LogP) is 3.66. The van der Waals surface area contributed by atoms with E-state index in [4.69, 9.17) is 17.3 Å². The van der Waals surface area contributed by atoms with E-state index in [-0.39, 0.29) is 16.0 Å². The standard InChI is InChI=1S/C11H14ClF2N/c1-11(2,3)10(15)8-6(13)4-5-7(14)9(8)12/h4-5,10H,15H2,1-3H3/t10-/m1/s1. The molecule has 1 aromatic carbocycles. The minimum absolute atomic E-state index is 0.0455. The molecule has 0 heterocycles. The minimum atomic E-state index is -0.646. The largest absolute Gasteiger partial charge is 0.323 e. The van der Waals surface area contributed by atoms with Gasteiger partial charge >= 0.3 is 0 Å². The van der Waals surface area contributed by atoms with Crippen molar-refractivity contribution in [2.75, 3.05) is 0 Å². The van der Waals surface area contributed by atoms with Gasteiger partial charge in [0, 0.05) is 11.6 Å². The van der Waals surface area contributed by atoms with E-state index < -0.39 is 17.7 Å². The summed E-state index contributed by atoms with van der Waals surface area (Å²) in [6.45, 7) is 5.54. The van der Waals surface area contributed by atoms with Crippen molar-refractivity contribution < 1.29 is 8.78 Å². The second kappa shape index (κ2) is 4.06. The van der Waals surface area contributed by atoms with E-state index in [0.717, 1.165) is 12.1 Å². The smallest absolute Gasteiger partial charge is 0.142 e. The molecule has 0 spiro atoms. The lowest BCUT2D eigenvalue weighted by atomic mass is 9.83. The number of halogens is 3. The Labute approximate surface area is 93.2 Å². The highest BCUT2D eigenvalue weighted by Crippen LogP contribution is 2.36. The summed E-state index contributed by atoms with van der Waals surface area (Å²) in [4.78, 5) is 0. The molecule has 0 unspecified atom stereocenters. The molecular weight excluding hydrogens is 220 g/mol. The van der Waals surface area contributed by atoms with Crippen LogP contribution in [0, 0.1) is 17.0 Å². The van der Waals surface area contributed by atoms with E-state index in [9.17, 15) is 8.78 Å². The van der Waals surface area contributed by atoms with Gasteiger partial charge in [0.1, 0.15) is 11.6 Å². The van der Waals surface area contributed by atoms with Crippen molar-refractivity contribution >= 4 is 11.6 Å². The lowest BCUT2D eigenvalue weighted by Gasteiger charge is -2.28. The van der Waals surface area contributed by atoms with E-state index in [1.165, 1.54) is 0 Å². The van der Waals surface area contributed by atoms with Gasteiger partial charge < -0.3 is 5.73 Å². The van der Waals surface area contributed by atoms with Crippen molar-refractivity contribution in [3.8, 4) is 0 Å². The molecule has 0 aromatic heterocycles. The summed E-state index contributed by atoms with van der Waals surface area (Å²) in [6, 6.07) is 1.40. The fourth-order valence-electron chi connectivity index (χ4n) is 1.26. The SMILES string of the molecule is CC(C)(C)[C@H](N)c1c(F)ccc(F)c1Cl. The Morgan fingerprint density at radius 2 is 1.67 bits per heavy atom. The lowest BCUT2D eigenvalue weighted by Crippen LogP contribution is -2.27. The van der Waals surface area contributed by atoms with Crippen molar-refractivity contribution in [2.45, 2.75) is 26.8 Å². The second-order valence-corrected chi connectivity index (χ2v) is 4.98. The molecule has 2 N–H and O–H groups in total. The fourth-order valence-corrected chi connectivity index (χ4v) is 1.53. The minimum Gasteiger partial charge on any atom is -0.323 e. The van der Waals surface area contributed by atoms with Gasteiger partial charge in [0.15, 0.2) is 0 Å². The Morgan fingerprint density at radius 1 is 1.20 bits per heavy atom. The Hall–Kier alpha value is -0.670. The molecule has 4 heteroatoms. The summed E-state index contributed by atoms with van der Waals surface area (Å²) in [5, 5.41) is -0.225. The molecule has 0 aliphatic rings. The first-order chi connectivity index (χ1) is 6.75. The quantitative estimate of drug-likeness (QED) is 0.736. The van der Waals surface area contributed by atoms with Crippen LogP contribution in [-0.4, -0.2) is 0 Å². The van der Waals surface area contributed by atoms with Gasteiger partial charge in [-0.25, -0.2) is 8.78 Å². The topological polar surface area (TPSA) is 26.0 Å². The van der Waals surface area contributed by atoms with Crippen LogP contribution in [0.3, 0.4) is 0 Å². The average Bonchev–Trinajstić information content (AvgIpc) is 2.10. The summed E-state index contributed by atoms with van der Waals surface area (Å²) >= 11 is 5.70. The monoisotopic (exact) mass is 233 g/mol. The number of rotatable bonds is 1. The summed E-state index contributed by atoms with van der Waals surface area (Å²) in [6.07, 6.45) is 0. The zero-order valence-electron chi connectivity index (χ0n) is 8.94. The second-order valence-electron chi connectivity index (χ2n) is 4.60. The van der Waals surface area contributed by atoms with E-state index in [0.29, 0.717) is 0 Å². The maximum Gasteiger partial charge on any atom is 0.142 e. The number of nitrogens with two attached hydrogens (primary N) is 1. The summed E-state index contributed by atoms with van der Waals surface area (Å²) in [5.41, 5.74) is 5.52. The van der Waals surface area contributed by atoms with Gasteiger partial charge in [0.2, 0.25) is 0 Å². The average molecular weight is 234 g/mol. The molecule has 0 bridgehead atoms. The summed E-state index contributed by atoms with van der Waals surface area (Å²) in [5.74, 6) is -1.21. The fraction of sp³-hybridized carbons (Fsp3) is 0.455. The third-order valence-electron chi connectivity index (χ3n) is 2.32.